The first-order chi connectivity index (χ1) is 11.5. The van der Waals surface area contributed by atoms with Gasteiger partial charge in [-0.1, -0.05) is 36.4 Å². The second kappa shape index (κ2) is 6.28. The van der Waals surface area contributed by atoms with E-state index in [0.29, 0.717) is 0 Å². The van der Waals surface area contributed by atoms with Crippen molar-refractivity contribution < 1.29 is 5.11 Å². The maximum atomic E-state index is 9.61. The molecule has 3 aromatic carbocycles. The molecule has 0 radical (unpaired) electrons. The third-order valence-electron chi connectivity index (χ3n) is 4.48. The van der Waals surface area contributed by atoms with E-state index >= 15 is 0 Å². The van der Waals surface area contributed by atoms with Gasteiger partial charge in [0.15, 0.2) is 0 Å². The molecule has 0 aliphatic rings. The Morgan fingerprint density at radius 3 is 1.50 bits per heavy atom. The summed E-state index contributed by atoms with van der Waals surface area (Å²) in [5.74, 6) is 0.323. The SMILES string of the molecule is Cc1cc(C(c2ccc(O)cc2)c2ccc(N)c(C)c2)ccc1N. The molecule has 5 N–H and O–H groups in total. The number of hydrogen-bond donors (Lipinski definition) is 3. The van der Waals surface area contributed by atoms with Crippen LogP contribution in [0.15, 0.2) is 60.7 Å². The largest absolute Gasteiger partial charge is 0.508 e. The van der Waals surface area contributed by atoms with Crippen molar-refractivity contribution in [2.45, 2.75) is 19.8 Å². The van der Waals surface area contributed by atoms with Crippen molar-refractivity contribution in [3.8, 4) is 5.75 Å². The summed E-state index contributed by atoms with van der Waals surface area (Å²) in [6.07, 6.45) is 0. The van der Waals surface area contributed by atoms with Gasteiger partial charge < -0.3 is 16.6 Å². The van der Waals surface area contributed by atoms with Crippen LogP contribution in [0.1, 0.15) is 33.7 Å². The summed E-state index contributed by atoms with van der Waals surface area (Å²) in [7, 11) is 0. The zero-order chi connectivity index (χ0) is 17.3. The molecule has 0 aromatic heterocycles. The number of aryl methyl sites for hydroxylation is 2. The fourth-order valence-corrected chi connectivity index (χ4v) is 3.00. The van der Waals surface area contributed by atoms with Crippen molar-refractivity contribution in [1.82, 2.24) is 0 Å². The molecule has 0 amide bonds. The molecule has 3 heteroatoms. The summed E-state index contributed by atoms with van der Waals surface area (Å²) >= 11 is 0. The second-order valence-electron chi connectivity index (χ2n) is 6.26. The Hall–Kier alpha value is -2.94. The highest BCUT2D eigenvalue weighted by Gasteiger charge is 2.18. The van der Waals surface area contributed by atoms with E-state index in [1.807, 2.05) is 38.1 Å². The fraction of sp³-hybridized carbons (Fsp3) is 0.143. The highest BCUT2D eigenvalue weighted by atomic mass is 16.3. The van der Waals surface area contributed by atoms with Crippen LogP contribution in [0.5, 0.6) is 5.75 Å². The van der Waals surface area contributed by atoms with E-state index in [9.17, 15) is 5.11 Å². The molecule has 3 nitrogen and oxygen atoms in total. The first kappa shape index (κ1) is 15.9. The lowest BCUT2D eigenvalue weighted by Gasteiger charge is -2.21. The molecule has 0 aliphatic carbocycles. The van der Waals surface area contributed by atoms with Crippen molar-refractivity contribution in [2.75, 3.05) is 11.5 Å². The van der Waals surface area contributed by atoms with Crippen LogP contribution in [0.2, 0.25) is 0 Å². The van der Waals surface area contributed by atoms with Crippen molar-refractivity contribution >= 4 is 11.4 Å². The number of nitrogens with two attached hydrogens (primary N) is 2. The Balaban J connectivity index is 2.17. The van der Waals surface area contributed by atoms with Crippen molar-refractivity contribution in [3.63, 3.8) is 0 Å². The topological polar surface area (TPSA) is 72.3 Å². The fourth-order valence-electron chi connectivity index (χ4n) is 3.00. The average molecular weight is 318 g/mol. The Kier molecular flexibility index (Phi) is 4.17. The van der Waals surface area contributed by atoms with Crippen LogP contribution in [0.3, 0.4) is 0 Å². The molecule has 0 aliphatic heterocycles. The van der Waals surface area contributed by atoms with E-state index in [2.05, 4.69) is 24.3 Å². The van der Waals surface area contributed by atoms with Crippen molar-refractivity contribution in [2.24, 2.45) is 0 Å². The van der Waals surface area contributed by atoms with Gasteiger partial charge in [-0.3, -0.25) is 0 Å². The standard InChI is InChI=1S/C21H22N2O/c1-13-11-16(5-9-19(13)22)21(15-3-7-18(24)8-4-15)17-6-10-20(23)14(2)12-17/h3-12,21,24H,22-23H2,1-2H3. The molecule has 0 fully saturated rings. The average Bonchev–Trinajstić information content (AvgIpc) is 2.56. The second-order valence-corrected chi connectivity index (χ2v) is 6.26. The third kappa shape index (κ3) is 3.06. The van der Waals surface area contributed by atoms with Crippen molar-refractivity contribution in [3.05, 3.63) is 88.5 Å². The monoisotopic (exact) mass is 318 g/mol. The zero-order valence-electron chi connectivity index (χ0n) is 14.0. The number of rotatable bonds is 3. The minimum absolute atomic E-state index is 0.0594. The van der Waals surface area contributed by atoms with E-state index in [1.54, 1.807) is 12.1 Å². The zero-order valence-corrected chi connectivity index (χ0v) is 14.0. The van der Waals surface area contributed by atoms with Gasteiger partial charge in [0.25, 0.3) is 0 Å². The number of anilines is 2. The van der Waals surface area contributed by atoms with E-state index in [1.165, 1.54) is 0 Å². The molecule has 24 heavy (non-hydrogen) atoms. The quantitative estimate of drug-likeness (QED) is 0.496. The summed E-state index contributed by atoms with van der Waals surface area (Å²) in [6.45, 7) is 4.03. The molecule has 0 saturated heterocycles. The highest BCUT2D eigenvalue weighted by Crippen LogP contribution is 2.35. The molecular weight excluding hydrogens is 296 g/mol. The lowest BCUT2D eigenvalue weighted by molar-refractivity contribution is 0.475. The molecule has 0 bridgehead atoms. The predicted molar refractivity (Wildman–Crippen MR) is 100 cm³/mol. The predicted octanol–water partition coefficient (Wildman–Crippen LogP) is 4.35. The first-order valence-electron chi connectivity index (χ1n) is 7.96. The van der Waals surface area contributed by atoms with Gasteiger partial charge in [-0.25, -0.2) is 0 Å². The molecule has 122 valence electrons. The van der Waals surface area contributed by atoms with Crippen LogP contribution in [0.25, 0.3) is 0 Å². The summed E-state index contributed by atoms with van der Waals surface area (Å²) in [5.41, 5.74) is 19.1. The Bertz CT molecular complexity index is 818. The van der Waals surface area contributed by atoms with Gasteiger partial charge >= 0.3 is 0 Å². The molecule has 0 atom stereocenters. The van der Waals surface area contributed by atoms with E-state index in [-0.39, 0.29) is 11.7 Å². The maximum absolute atomic E-state index is 9.61. The smallest absolute Gasteiger partial charge is 0.115 e. The van der Waals surface area contributed by atoms with Gasteiger partial charge in [-0.2, -0.15) is 0 Å². The molecule has 0 unspecified atom stereocenters. The lowest BCUT2D eigenvalue weighted by Crippen LogP contribution is -2.05. The number of aromatic hydroxyl groups is 1. The third-order valence-corrected chi connectivity index (χ3v) is 4.48. The minimum atomic E-state index is 0.0594. The molecule has 3 aromatic rings. The summed E-state index contributed by atoms with van der Waals surface area (Å²) in [6, 6.07) is 19.6. The van der Waals surface area contributed by atoms with Gasteiger partial charge in [0.05, 0.1) is 0 Å². The van der Waals surface area contributed by atoms with E-state index in [0.717, 1.165) is 39.2 Å². The Morgan fingerprint density at radius 2 is 1.08 bits per heavy atom. The Morgan fingerprint density at radius 1 is 0.667 bits per heavy atom. The summed E-state index contributed by atoms with van der Waals surface area (Å²) in [4.78, 5) is 0. The first-order valence-corrected chi connectivity index (χ1v) is 7.96. The molecule has 0 spiro atoms. The Labute approximate surface area is 142 Å². The maximum Gasteiger partial charge on any atom is 0.115 e. The van der Waals surface area contributed by atoms with Gasteiger partial charge in [0, 0.05) is 17.3 Å². The lowest BCUT2D eigenvalue weighted by atomic mass is 9.83. The van der Waals surface area contributed by atoms with E-state index < -0.39 is 0 Å². The highest BCUT2D eigenvalue weighted by molar-refractivity contribution is 5.55. The molecule has 0 saturated carbocycles. The number of benzene rings is 3. The van der Waals surface area contributed by atoms with Gasteiger partial charge in [-0.15, -0.1) is 0 Å². The minimum Gasteiger partial charge on any atom is -0.508 e. The summed E-state index contributed by atoms with van der Waals surface area (Å²) in [5, 5.41) is 9.61. The molecule has 0 heterocycles. The van der Waals surface area contributed by atoms with Crippen molar-refractivity contribution in [1.29, 1.82) is 0 Å². The normalized spacial score (nSPS) is 11.0. The summed E-state index contributed by atoms with van der Waals surface area (Å²) < 4.78 is 0. The number of nitrogen functional groups attached to an aromatic ring is 2. The van der Waals surface area contributed by atoms with Crippen LogP contribution in [0, 0.1) is 13.8 Å². The van der Waals surface area contributed by atoms with Crippen LogP contribution in [-0.2, 0) is 0 Å². The van der Waals surface area contributed by atoms with Crippen LogP contribution < -0.4 is 11.5 Å². The number of phenols is 1. The van der Waals surface area contributed by atoms with Crippen LogP contribution >= 0.6 is 0 Å². The van der Waals surface area contributed by atoms with E-state index in [4.69, 9.17) is 11.5 Å². The van der Waals surface area contributed by atoms with Crippen LogP contribution in [-0.4, -0.2) is 5.11 Å². The van der Waals surface area contributed by atoms with Gasteiger partial charge in [0.2, 0.25) is 0 Å². The number of hydrogen-bond acceptors (Lipinski definition) is 3. The van der Waals surface area contributed by atoms with Gasteiger partial charge in [0.1, 0.15) is 5.75 Å². The number of phenolic OH excluding ortho intramolecular Hbond substituents is 1. The van der Waals surface area contributed by atoms with Crippen LogP contribution in [0.4, 0.5) is 11.4 Å². The molecule has 3 rings (SSSR count). The molecular formula is C21H22N2O. The van der Waals surface area contributed by atoms with Gasteiger partial charge in [-0.05, 0) is 65.9 Å².